The van der Waals surface area contributed by atoms with E-state index in [4.69, 9.17) is 10.5 Å². The molecular formula is C37H39F3N6O5. The number of ketones is 1. The Balaban J connectivity index is 1.31. The Morgan fingerprint density at radius 1 is 0.961 bits per heavy atom. The molecule has 5 rings (SSSR count). The van der Waals surface area contributed by atoms with E-state index >= 15 is 0 Å². The molecule has 0 bridgehead atoms. The second-order valence-electron chi connectivity index (χ2n) is 13.0. The first-order chi connectivity index (χ1) is 24.3. The lowest BCUT2D eigenvalue weighted by molar-refractivity contribution is -0.134. The first-order valence-corrected chi connectivity index (χ1v) is 16.4. The van der Waals surface area contributed by atoms with Crippen molar-refractivity contribution in [1.29, 1.82) is 0 Å². The Kier molecular flexibility index (Phi) is 11.7. The number of carbonyl (C=O) groups excluding carboxylic acids is 4. The van der Waals surface area contributed by atoms with Gasteiger partial charge in [0.2, 0.25) is 11.8 Å². The monoisotopic (exact) mass is 704 g/mol. The highest BCUT2D eigenvalue weighted by atomic mass is 19.2. The van der Waals surface area contributed by atoms with Crippen molar-refractivity contribution in [2.45, 2.75) is 50.9 Å². The minimum atomic E-state index is -1.29. The summed E-state index contributed by atoms with van der Waals surface area (Å²) in [6, 6.07) is 15.3. The number of amides is 3. The van der Waals surface area contributed by atoms with Gasteiger partial charge in [-0.3, -0.25) is 19.2 Å². The molecule has 51 heavy (non-hydrogen) atoms. The normalized spacial score (nSPS) is 14.8. The van der Waals surface area contributed by atoms with Gasteiger partial charge >= 0.3 is 0 Å². The first kappa shape index (κ1) is 36.9. The van der Waals surface area contributed by atoms with Gasteiger partial charge in [0, 0.05) is 30.8 Å². The van der Waals surface area contributed by atoms with Crippen LogP contribution in [0.1, 0.15) is 54.2 Å². The predicted octanol–water partition coefficient (Wildman–Crippen LogP) is 4.39. The van der Waals surface area contributed by atoms with Crippen molar-refractivity contribution in [2.24, 2.45) is 11.7 Å². The second-order valence-corrected chi connectivity index (χ2v) is 13.0. The Hall–Kier alpha value is -5.34. The quantitative estimate of drug-likeness (QED) is 0.175. The van der Waals surface area contributed by atoms with Crippen LogP contribution in [0.4, 0.5) is 19.0 Å². The number of aromatic nitrogens is 2. The average Bonchev–Trinajstić information content (AvgIpc) is 3.57. The number of piperidine rings is 1. The molecule has 4 N–H and O–H groups in total. The van der Waals surface area contributed by atoms with Crippen LogP contribution in [-0.4, -0.2) is 69.2 Å². The summed E-state index contributed by atoms with van der Waals surface area (Å²) in [4.78, 5) is 59.0. The van der Waals surface area contributed by atoms with Crippen LogP contribution < -0.4 is 16.4 Å². The molecule has 0 radical (unpaired) electrons. The number of Topliss-reactive ketones (excluding diaryl/α,β-unsaturated/α-hetero) is 1. The summed E-state index contributed by atoms with van der Waals surface area (Å²) < 4.78 is 48.9. The minimum Gasteiger partial charge on any atom is -0.374 e. The molecule has 3 amide bonds. The Bertz CT molecular complexity index is 1850. The fourth-order valence-corrected chi connectivity index (χ4v) is 5.66. The number of hydrogen-bond acceptors (Lipinski definition) is 7. The summed E-state index contributed by atoms with van der Waals surface area (Å²) in [6.07, 6.45) is 3.32. The molecule has 0 spiro atoms. The fourth-order valence-electron chi connectivity index (χ4n) is 5.66. The number of nitrogens with zero attached hydrogens (tertiary/aromatic N) is 3. The molecule has 4 aromatic rings. The maximum Gasteiger partial charge on any atom is 0.250 e. The first-order valence-electron chi connectivity index (χ1n) is 16.4. The van der Waals surface area contributed by atoms with Crippen LogP contribution in [0.25, 0.3) is 0 Å². The summed E-state index contributed by atoms with van der Waals surface area (Å²) in [5, 5.41) is 5.23. The number of ether oxygens (including phenoxy) is 1. The van der Waals surface area contributed by atoms with E-state index in [-0.39, 0.29) is 49.4 Å². The molecule has 0 saturated carbocycles. The lowest BCUT2D eigenvalue weighted by Crippen LogP contribution is -2.56. The number of rotatable bonds is 13. The van der Waals surface area contributed by atoms with Crippen molar-refractivity contribution in [2.75, 3.05) is 25.0 Å². The van der Waals surface area contributed by atoms with Gasteiger partial charge in [-0.1, -0.05) is 36.4 Å². The molecule has 0 aliphatic carbocycles. The highest BCUT2D eigenvalue weighted by Crippen LogP contribution is 2.28. The highest BCUT2D eigenvalue weighted by Gasteiger charge is 2.34. The molecule has 1 aliphatic heterocycles. The van der Waals surface area contributed by atoms with Crippen LogP contribution in [0.5, 0.6) is 0 Å². The van der Waals surface area contributed by atoms with Crippen LogP contribution in [0.3, 0.4) is 0 Å². The van der Waals surface area contributed by atoms with Crippen molar-refractivity contribution in [1.82, 2.24) is 19.8 Å². The lowest BCUT2D eigenvalue weighted by Gasteiger charge is -2.34. The molecule has 268 valence electrons. The number of likely N-dealkylation sites (tertiary alicyclic amines) is 1. The van der Waals surface area contributed by atoms with Crippen LogP contribution in [-0.2, 0) is 25.7 Å². The third kappa shape index (κ3) is 9.47. The zero-order valence-electron chi connectivity index (χ0n) is 28.2. The lowest BCUT2D eigenvalue weighted by atomic mass is 9.88. The molecule has 2 atom stereocenters. The predicted molar refractivity (Wildman–Crippen MR) is 182 cm³/mol. The van der Waals surface area contributed by atoms with E-state index < -0.39 is 52.8 Å². The molecule has 1 aliphatic rings. The van der Waals surface area contributed by atoms with Crippen molar-refractivity contribution in [3.63, 3.8) is 0 Å². The number of imidazole rings is 1. The number of hydrogen-bond donors (Lipinski definition) is 3. The van der Waals surface area contributed by atoms with Crippen molar-refractivity contribution < 1.29 is 37.1 Å². The number of nitrogens with one attached hydrogen (secondary N) is 2. The standard InChI is InChI=1S/C37H39F3N6O5/c1-37(2,41)36(50)43-30(21-51-20-23-6-4-3-5-7-23)34(48)44-31-19-46(22-42-31)32(26-10-13-28(39)29(40)18-26)35(49)45-16-14-25(15-17-45)33(47)24-8-11-27(38)12-9-24/h3-13,18-19,22,25,30,32H,14-17,20-21,41H2,1-2H3,(H,43,50)(H,44,48)/t30-,32?/m1/s1. The van der Waals surface area contributed by atoms with Gasteiger partial charge in [-0.25, -0.2) is 18.2 Å². The summed E-state index contributed by atoms with van der Waals surface area (Å²) in [5.41, 5.74) is 6.02. The molecule has 11 nitrogen and oxygen atoms in total. The maximum atomic E-state index is 14.5. The summed E-state index contributed by atoms with van der Waals surface area (Å²) >= 11 is 0. The maximum absolute atomic E-state index is 14.5. The van der Waals surface area contributed by atoms with E-state index in [2.05, 4.69) is 15.6 Å². The summed E-state index contributed by atoms with van der Waals surface area (Å²) in [5.74, 6) is -4.95. The van der Waals surface area contributed by atoms with Gasteiger partial charge in [-0.15, -0.1) is 0 Å². The van der Waals surface area contributed by atoms with Gasteiger partial charge in [0.05, 0.1) is 25.1 Å². The summed E-state index contributed by atoms with van der Waals surface area (Å²) in [7, 11) is 0. The molecule has 2 heterocycles. The van der Waals surface area contributed by atoms with E-state index in [0.717, 1.165) is 17.7 Å². The van der Waals surface area contributed by atoms with E-state index in [0.29, 0.717) is 18.4 Å². The molecule has 1 aromatic heterocycles. The Morgan fingerprint density at radius 2 is 1.65 bits per heavy atom. The molecule has 1 fully saturated rings. The second kappa shape index (κ2) is 16.1. The fraction of sp³-hybridized carbons (Fsp3) is 0.324. The third-order valence-corrected chi connectivity index (χ3v) is 8.55. The largest absolute Gasteiger partial charge is 0.374 e. The molecule has 1 saturated heterocycles. The van der Waals surface area contributed by atoms with Crippen LogP contribution in [0.2, 0.25) is 0 Å². The van der Waals surface area contributed by atoms with E-state index in [1.807, 2.05) is 30.3 Å². The molecule has 3 aromatic carbocycles. The smallest absolute Gasteiger partial charge is 0.250 e. The topological polar surface area (TPSA) is 149 Å². The van der Waals surface area contributed by atoms with Crippen LogP contribution in [0, 0.1) is 23.4 Å². The van der Waals surface area contributed by atoms with E-state index in [1.54, 1.807) is 0 Å². The zero-order valence-corrected chi connectivity index (χ0v) is 28.2. The van der Waals surface area contributed by atoms with Gasteiger partial charge in [0.15, 0.2) is 23.2 Å². The van der Waals surface area contributed by atoms with E-state index in [1.165, 1.54) is 66.2 Å². The van der Waals surface area contributed by atoms with Gasteiger partial charge in [-0.2, -0.15) is 0 Å². The van der Waals surface area contributed by atoms with Crippen LogP contribution >= 0.6 is 0 Å². The Morgan fingerprint density at radius 3 is 2.29 bits per heavy atom. The number of halogens is 3. The van der Waals surface area contributed by atoms with E-state index in [9.17, 15) is 32.3 Å². The number of benzene rings is 3. The number of nitrogens with two attached hydrogens (primary N) is 1. The minimum absolute atomic E-state index is 0.0123. The SMILES string of the molecule is CC(C)(N)C(=O)N[C@H](COCc1ccccc1)C(=O)Nc1cn(C(C(=O)N2CCC(C(=O)c3ccc(F)cc3)CC2)c2ccc(F)c(F)c2)cn1. The number of anilines is 1. The number of carbonyl (C=O) groups is 4. The van der Waals surface area contributed by atoms with Gasteiger partial charge in [0.25, 0.3) is 5.91 Å². The van der Waals surface area contributed by atoms with Crippen molar-refractivity contribution >= 4 is 29.3 Å². The van der Waals surface area contributed by atoms with Crippen LogP contribution in [0.15, 0.2) is 85.3 Å². The highest BCUT2D eigenvalue weighted by molar-refractivity contribution is 5.98. The molecule has 1 unspecified atom stereocenters. The van der Waals surface area contributed by atoms with Crippen molar-refractivity contribution in [3.05, 3.63) is 119 Å². The zero-order chi connectivity index (χ0) is 36.7. The molecular weight excluding hydrogens is 665 g/mol. The van der Waals surface area contributed by atoms with Gasteiger partial charge in [-0.05, 0) is 74.2 Å². The van der Waals surface area contributed by atoms with Crippen molar-refractivity contribution in [3.8, 4) is 0 Å². The Labute approximate surface area is 293 Å². The third-order valence-electron chi connectivity index (χ3n) is 8.55. The molecule has 14 heteroatoms. The van der Waals surface area contributed by atoms with Gasteiger partial charge < -0.3 is 30.6 Å². The average molecular weight is 705 g/mol. The van der Waals surface area contributed by atoms with Gasteiger partial charge in [0.1, 0.15) is 17.9 Å². The summed E-state index contributed by atoms with van der Waals surface area (Å²) in [6.45, 7) is 3.37.